The lowest BCUT2D eigenvalue weighted by molar-refractivity contribution is 0.101. The van der Waals surface area contributed by atoms with Crippen molar-refractivity contribution in [3.05, 3.63) is 0 Å². The van der Waals surface area contributed by atoms with E-state index in [2.05, 4.69) is 0 Å². The molecule has 0 aliphatic heterocycles. The van der Waals surface area contributed by atoms with Crippen LogP contribution in [0.1, 0.15) is 25.7 Å². The zero-order valence-electron chi connectivity index (χ0n) is 5.52. The van der Waals surface area contributed by atoms with Gasteiger partial charge in [-0.05, 0) is 12.8 Å². The molecule has 0 heterocycles. The maximum absolute atomic E-state index is 12.7. The van der Waals surface area contributed by atoms with Crippen LogP contribution < -0.4 is 0 Å². The Labute approximate surface area is 54.9 Å². The van der Waals surface area contributed by atoms with Gasteiger partial charge in [0.2, 0.25) is 0 Å². The maximum atomic E-state index is 12.7. The number of hydrogen-bond acceptors (Lipinski definition) is 1. The molecule has 1 saturated carbocycles. The number of halogens is 1. The monoisotopic (exact) mass is 132 g/mol. The Morgan fingerprint density at radius 1 is 1.33 bits per heavy atom. The van der Waals surface area contributed by atoms with Gasteiger partial charge in [0.05, 0.1) is 0 Å². The van der Waals surface area contributed by atoms with Crippen LogP contribution in [0.25, 0.3) is 0 Å². The molecule has 1 aliphatic rings. The van der Waals surface area contributed by atoms with Gasteiger partial charge in [-0.3, -0.25) is 0 Å². The lowest BCUT2D eigenvalue weighted by atomic mass is 9.88. The van der Waals surface area contributed by atoms with E-state index in [-0.39, 0.29) is 12.5 Å². The highest BCUT2D eigenvalue weighted by molar-refractivity contribution is 4.73. The molecule has 2 atom stereocenters. The van der Waals surface area contributed by atoms with Crippen LogP contribution in [-0.4, -0.2) is 17.9 Å². The molecular weight excluding hydrogens is 119 g/mol. The maximum Gasteiger partial charge on any atom is 0.105 e. The molecule has 1 fully saturated rings. The summed E-state index contributed by atoms with van der Waals surface area (Å²) in [5, 5.41) is 8.62. The average molecular weight is 132 g/mol. The summed E-state index contributed by atoms with van der Waals surface area (Å²) in [7, 11) is 0. The largest absolute Gasteiger partial charge is 0.396 e. The molecule has 0 spiro atoms. The van der Waals surface area contributed by atoms with E-state index in [0.29, 0.717) is 6.42 Å². The van der Waals surface area contributed by atoms with Crippen LogP contribution in [0.3, 0.4) is 0 Å². The Hall–Kier alpha value is -0.110. The number of aliphatic hydroxyl groups excluding tert-OH is 1. The summed E-state index contributed by atoms with van der Waals surface area (Å²) >= 11 is 0. The first-order chi connectivity index (χ1) is 4.34. The van der Waals surface area contributed by atoms with Crippen molar-refractivity contribution in [1.82, 2.24) is 0 Å². The van der Waals surface area contributed by atoms with Gasteiger partial charge in [0.25, 0.3) is 0 Å². The molecule has 0 saturated heterocycles. The predicted octanol–water partition coefficient (Wildman–Crippen LogP) is 1.51. The summed E-state index contributed by atoms with van der Waals surface area (Å²) < 4.78 is 12.7. The van der Waals surface area contributed by atoms with Crippen molar-refractivity contribution in [2.75, 3.05) is 6.61 Å². The van der Waals surface area contributed by atoms with Gasteiger partial charge in [0.1, 0.15) is 6.17 Å². The molecule has 9 heavy (non-hydrogen) atoms. The molecule has 1 nitrogen and oxygen atoms in total. The molecule has 0 aromatic rings. The molecule has 2 heteroatoms. The molecule has 0 aromatic heterocycles. The minimum atomic E-state index is -0.733. The molecule has 1 rings (SSSR count). The summed E-state index contributed by atoms with van der Waals surface area (Å²) in [6.45, 7) is 0.0289. The zero-order chi connectivity index (χ0) is 6.69. The highest BCUT2D eigenvalue weighted by atomic mass is 19.1. The van der Waals surface area contributed by atoms with E-state index in [1.54, 1.807) is 0 Å². The Morgan fingerprint density at radius 2 is 2.00 bits per heavy atom. The fourth-order valence-corrected chi connectivity index (χ4v) is 1.37. The Balaban J connectivity index is 2.30. The molecule has 0 amide bonds. The van der Waals surface area contributed by atoms with Crippen LogP contribution in [0.15, 0.2) is 0 Å². The number of rotatable bonds is 1. The Morgan fingerprint density at radius 3 is 2.44 bits per heavy atom. The van der Waals surface area contributed by atoms with Crippen LogP contribution in [0.2, 0.25) is 0 Å². The quantitative estimate of drug-likeness (QED) is 0.573. The van der Waals surface area contributed by atoms with Gasteiger partial charge < -0.3 is 5.11 Å². The van der Waals surface area contributed by atoms with Crippen LogP contribution in [-0.2, 0) is 0 Å². The smallest absolute Gasteiger partial charge is 0.105 e. The third-order valence-electron chi connectivity index (χ3n) is 2.05. The van der Waals surface area contributed by atoms with Gasteiger partial charge in [-0.1, -0.05) is 12.8 Å². The lowest BCUT2D eigenvalue weighted by Crippen LogP contribution is -2.23. The summed E-state index contributed by atoms with van der Waals surface area (Å²) in [4.78, 5) is 0. The van der Waals surface area contributed by atoms with Crippen molar-refractivity contribution in [2.45, 2.75) is 31.9 Å². The van der Waals surface area contributed by atoms with Crippen molar-refractivity contribution in [3.63, 3.8) is 0 Å². The molecule has 1 aliphatic carbocycles. The van der Waals surface area contributed by atoms with Gasteiger partial charge in [-0.15, -0.1) is 0 Å². The average Bonchev–Trinajstić information content (AvgIpc) is 1.89. The van der Waals surface area contributed by atoms with Crippen molar-refractivity contribution >= 4 is 0 Å². The van der Waals surface area contributed by atoms with E-state index in [1.807, 2.05) is 0 Å². The second kappa shape index (κ2) is 3.16. The SMILES string of the molecule is OC[C@H]1CCCC[C@@H]1F. The minimum Gasteiger partial charge on any atom is -0.396 e. The molecule has 0 unspecified atom stereocenters. The van der Waals surface area contributed by atoms with Crippen LogP contribution in [0.4, 0.5) is 4.39 Å². The van der Waals surface area contributed by atoms with E-state index in [1.165, 1.54) is 0 Å². The first-order valence-electron chi connectivity index (χ1n) is 3.59. The van der Waals surface area contributed by atoms with Crippen molar-refractivity contribution in [3.8, 4) is 0 Å². The fourth-order valence-electron chi connectivity index (χ4n) is 1.37. The van der Waals surface area contributed by atoms with Gasteiger partial charge in [0, 0.05) is 12.5 Å². The first kappa shape index (κ1) is 7.00. The normalized spacial score (nSPS) is 36.7. The topological polar surface area (TPSA) is 20.2 Å². The number of hydrogen-bond donors (Lipinski definition) is 1. The highest BCUT2D eigenvalue weighted by Gasteiger charge is 2.23. The molecule has 54 valence electrons. The lowest BCUT2D eigenvalue weighted by Gasteiger charge is -2.23. The van der Waals surface area contributed by atoms with Crippen molar-refractivity contribution < 1.29 is 9.50 Å². The first-order valence-corrected chi connectivity index (χ1v) is 3.59. The third-order valence-corrected chi connectivity index (χ3v) is 2.05. The predicted molar refractivity (Wildman–Crippen MR) is 33.9 cm³/mol. The van der Waals surface area contributed by atoms with Crippen molar-refractivity contribution in [2.24, 2.45) is 5.92 Å². The molecule has 1 N–H and O–H groups in total. The standard InChI is InChI=1S/C7H13FO/c8-7-4-2-1-3-6(7)5-9/h6-7,9H,1-5H2/t6-,7+/m1/s1. The number of alkyl halides is 1. The third kappa shape index (κ3) is 1.65. The second-order valence-corrected chi connectivity index (χ2v) is 2.74. The van der Waals surface area contributed by atoms with Crippen LogP contribution in [0.5, 0.6) is 0 Å². The minimum absolute atomic E-state index is 0.0289. The second-order valence-electron chi connectivity index (χ2n) is 2.74. The summed E-state index contributed by atoms with van der Waals surface area (Å²) in [6.07, 6.45) is 2.88. The van der Waals surface area contributed by atoms with E-state index in [4.69, 9.17) is 5.11 Å². The van der Waals surface area contributed by atoms with E-state index in [0.717, 1.165) is 19.3 Å². The molecule has 0 radical (unpaired) electrons. The summed E-state index contributed by atoms with van der Waals surface area (Å²) in [6, 6.07) is 0. The highest BCUT2D eigenvalue weighted by Crippen LogP contribution is 2.25. The van der Waals surface area contributed by atoms with Gasteiger partial charge >= 0.3 is 0 Å². The van der Waals surface area contributed by atoms with Gasteiger partial charge in [-0.2, -0.15) is 0 Å². The Bertz CT molecular complexity index is 85.0. The van der Waals surface area contributed by atoms with Crippen LogP contribution >= 0.6 is 0 Å². The zero-order valence-corrected chi connectivity index (χ0v) is 5.52. The van der Waals surface area contributed by atoms with E-state index < -0.39 is 6.17 Å². The van der Waals surface area contributed by atoms with Gasteiger partial charge in [0.15, 0.2) is 0 Å². The van der Waals surface area contributed by atoms with E-state index >= 15 is 0 Å². The molecule has 0 aromatic carbocycles. The van der Waals surface area contributed by atoms with Crippen molar-refractivity contribution in [1.29, 1.82) is 0 Å². The molecular formula is C7H13FO. The Kier molecular flexibility index (Phi) is 2.46. The number of aliphatic hydroxyl groups is 1. The molecule has 0 bridgehead atoms. The van der Waals surface area contributed by atoms with E-state index in [9.17, 15) is 4.39 Å². The summed E-state index contributed by atoms with van der Waals surface area (Å²) in [5.74, 6) is -0.0567. The van der Waals surface area contributed by atoms with Crippen LogP contribution in [0, 0.1) is 5.92 Å². The fraction of sp³-hybridized carbons (Fsp3) is 1.00. The van der Waals surface area contributed by atoms with Gasteiger partial charge in [-0.25, -0.2) is 4.39 Å². The summed E-state index contributed by atoms with van der Waals surface area (Å²) in [5.41, 5.74) is 0.